The van der Waals surface area contributed by atoms with Crippen LogP contribution in [0.4, 0.5) is 0 Å². The fraction of sp³-hybridized carbons (Fsp3) is 0.793. The normalized spacial score (nSPS) is 13.1. The lowest BCUT2D eigenvalue weighted by Crippen LogP contribution is -2.45. The first-order valence-electron chi connectivity index (χ1n) is 27.6. The third-order valence-electron chi connectivity index (χ3n) is 12.3. The van der Waals surface area contributed by atoms with Crippen LogP contribution in [0.5, 0.6) is 0 Å². The largest absolute Gasteiger partial charge is 0.466 e. The molecular weight excluding hydrogens is 791 g/mol. The van der Waals surface area contributed by atoms with Crippen molar-refractivity contribution in [2.24, 2.45) is 0 Å². The highest BCUT2D eigenvalue weighted by Gasteiger charge is 2.18. The molecule has 372 valence electrons. The van der Waals surface area contributed by atoms with Crippen LogP contribution in [0.25, 0.3) is 0 Å². The molecule has 0 aliphatic heterocycles. The number of aliphatic hydroxyl groups excluding tert-OH is 2. The van der Waals surface area contributed by atoms with Crippen molar-refractivity contribution >= 4 is 11.9 Å². The minimum atomic E-state index is -0.851. The van der Waals surface area contributed by atoms with Gasteiger partial charge in [-0.25, -0.2) is 0 Å². The van der Waals surface area contributed by atoms with E-state index in [9.17, 15) is 19.8 Å². The van der Waals surface area contributed by atoms with E-state index in [0.29, 0.717) is 19.4 Å². The summed E-state index contributed by atoms with van der Waals surface area (Å²) in [6, 6.07) is -0.635. The lowest BCUT2D eigenvalue weighted by Gasteiger charge is -2.20. The molecule has 6 nitrogen and oxygen atoms in total. The average Bonchev–Trinajstić information content (AvgIpc) is 3.29. The molecule has 0 rings (SSSR count). The van der Waals surface area contributed by atoms with Crippen molar-refractivity contribution in [1.82, 2.24) is 5.32 Å². The summed E-state index contributed by atoms with van der Waals surface area (Å²) in [5, 5.41) is 23.0. The van der Waals surface area contributed by atoms with Gasteiger partial charge < -0.3 is 20.3 Å². The minimum absolute atomic E-state index is 0.0230. The quantitative estimate of drug-likeness (QED) is 0.0245. The molecule has 0 aromatic carbocycles. The van der Waals surface area contributed by atoms with Crippen molar-refractivity contribution in [3.05, 3.63) is 60.8 Å². The van der Waals surface area contributed by atoms with Crippen molar-refractivity contribution in [2.45, 2.75) is 283 Å². The summed E-state index contributed by atoms with van der Waals surface area (Å²) in [5.74, 6) is -0.104. The standard InChI is InChI=1S/C58H105NO5/c1-3-5-7-9-11-13-15-16-17-21-25-28-32-36-40-44-48-52-58(63)64-53-49-45-41-37-33-29-26-23-20-18-19-22-24-27-31-35-39-43-47-51-57(62)59-55(54-60)56(61)50-46-42-38-34-30-14-12-10-8-6-4-2/h11,13,16-17,23,26,29,33,46,50,55-56,60-61H,3-10,12,14-15,18-22,24-25,27-28,30-32,34-45,47-49,51-54H2,1-2H3,(H,59,62)/b13-11-,17-16-,26-23-,33-29-,50-46+. The van der Waals surface area contributed by atoms with E-state index in [2.05, 4.69) is 67.8 Å². The maximum atomic E-state index is 12.4. The Bertz CT molecular complexity index is 1130. The van der Waals surface area contributed by atoms with Crippen molar-refractivity contribution < 1.29 is 24.5 Å². The Morgan fingerprint density at radius 3 is 1.31 bits per heavy atom. The van der Waals surface area contributed by atoms with Crippen LogP contribution in [0.1, 0.15) is 271 Å². The smallest absolute Gasteiger partial charge is 0.305 e. The minimum Gasteiger partial charge on any atom is -0.466 e. The SMILES string of the molecule is CCCCC/C=C\C/C=C\CCCCCCCCCC(=O)OCCCCC/C=C\C=C/CCCCCCCCCCCCC(=O)NC(CO)C(O)/C=C/CCCCCCCCCCC. The number of hydrogen-bond donors (Lipinski definition) is 3. The molecule has 0 saturated heterocycles. The van der Waals surface area contributed by atoms with E-state index in [1.807, 2.05) is 6.08 Å². The molecule has 0 aliphatic rings. The molecule has 1 amide bonds. The molecule has 0 saturated carbocycles. The Hall–Kier alpha value is -2.44. The van der Waals surface area contributed by atoms with Gasteiger partial charge in [0.1, 0.15) is 0 Å². The first-order chi connectivity index (χ1) is 31.5. The van der Waals surface area contributed by atoms with Crippen LogP contribution in [-0.2, 0) is 14.3 Å². The zero-order chi connectivity index (χ0) is 46.5. The van der Waals surface area contributed by atoms with Crippen LogP contribution in [-0.4, -0.2) is 47.4 Å². The Kier molecular flexibility index (Phi) is 51.2. The maximum Gasteiger partial charge on any atom is 0.305 e. The van der Waals surface area contributed by atoms with Gasteiger partial charge in [-0.3, -0.25) is 9.59 Å². The number of carbonyl (C=O) groups is 2. The van der Waals surface area contributed by atoms with Crippen LogP contribution in [0.2, 0.25) is 0 Å². The van der Waals surface area contributed by atoms with Crippen LogP contribution in [0.15, 0.2) is 60.8 Å². The molecule has 0 aromatic rings. The summed E-state index contributed by atoms with van der Waals surface area (Å²) in [7, 11) is 0. The Morgan fingerprint density at radius 1 is 0.453 bits per heavy atom. The van der Waals surface area contributed by atoms with Crippen LogP contribution in [0.3, 0.4) is 0 Å². The molecule has 0 aliphatic carbocycles. The molecule has 0 radical (unpaired) electrons. The number of rotatable bonds is 50. The topological polar surface area (TPSA) is 95.9 Å². The second-order valence-electron chi connectivity index (χ2n) is 18.6. The third-order valence-corrected chi connectivity index (χ3v) is 12.3. The lowest BCUT2D eigenvalue weighted by atomic mass is 10.0. The van der Waals surface area contributed by atoms with Crippen molar-refractivity contribution in [3.63, 3.8) is 0 Å². The van der Waals surface area contributed by atoms with Crippen molar-refractivity contribution in [1.29, 1.82) is 0 Å². The summed E-state index contributed by atoms with van der Waals surface area (Å²) < 4.78 is 5.45. The molecule has 6 heteroatoms. The lowest BCUT2D eigenvalue weighted by molar-refractivity contribution is -0.143. The molecule has 0 aromatic heterocycles. The van der Waals surface area contributed by atoms with Gasteiger partial charge in [-0.2, -0.15) is 0 Å². The first kappa shape index (κ1) is 61.6. The third kappa shape index (κ3) is 49.0. The number of hydrogen-bond acceptors (Lipinski definition) is 5. The maximum absolute atomic E-state index is 12.4. The van der Waals surface area contributed by atoms with Gasteiger partial charge in [0, 0.05) is 12.8 Å². The number of ether oxygens (including phenoxy) is 1. The van der Waals surface area contributed by atoms with Gasteiger partial charge in [-0.05, 0) is 96.3 Å². The van der Waals surface area contributed by atoms with Gasteiger partial charge in [-0.1, -0.05) is 222 Å². The molecule has 3 N–H and O–H groups in total. The summed E-state index contributed by atoms with van der Waals surface area (Å²) in [5.41, 5.74) is 0. The summed E-state index contributed by atoms with van der Waals surface area (Å²) in [6.45, 7) is 4.81. The van der Waals surface area contributed by atoms with Gasteiger partial charge in [-0.15, -0.1) is 0 Å². The summed E-state index contributed by atoms with van der Waals surface area (Å²) in [6.07, 6.45) is 68.1. The molecule has 0 bridgehead atoms. The summed E-state index contributed by atoms with van der Waals surface area (Å²) >= 11 is 0. The van der Waals surface area contributed by atoms with Gasteiger partial charge in [0.05, 0.1) is 25.4 Å². The van der Waals surface area contributed by atoms with Gasteiger partial charge in [0.15, 0.2) is 0 Å². The number of amides is 1. The van der Waals surface area contributed by atoms with Crippen LogP contribution < -0.4 is 5.32 Å². The Labute approximate surface area is 397 Å². The number of allylic oxidation sites excluding steroid dienone is 9. The fourth-order valence-electron chi connectivity index (χ4n) is 8.01. The molecule has 2 atom stereocenters. The number of aliphatic hydroxyl groups is 2. The van der Waals surface area contributed by atoms with Gasteiger partial charge >= 0.3 is 5.97 Å². The first-order valence-corrected chi connectivity index (χ1v) is 27.6. The molecule has 0 fully saturated rings. The molecule has 0 heterocycles. The Morgan fingerprint density at radius 2 is 0.828 bits per heavy atom. The van der Waals surface area contributed by atoms with Gasteiger partial charge in [0.25, 0.3) is 0 Å². The van der Waals surface area contributed by atoms with E-state index in [1.54, 1.807) is 6.08 Å². The monoisotopic (exact) mass is 896 g/mol. The van der Waals surface area contributed by atoms with E-state index >= 15 is 0 Å². The van der Waals surface area contributed by atoms with E-state index in [-0.39, 0.29) is 18.5 Å². The van der Waals surface area contributed by atoms with Crippen LogP contribution in [0, 0.1) is 0 Å². The van der Waals surface area contributed by atoms with E-state index in [4.69, 9.17) is 4.74 Å². The zero-order valence-electron chi connectivity index (χ0n) is 42.2. The highest BCUT2D eigenvalue weighted by atomic mass is 16.5. The number of esters is 1. The van der Waals surface area contributed by atoms with E-state index < -0.39 is 12.1 Å². The highest BCUT2D eigenvalue weighted by Crippen LogP contribution is 2.15. The second kappa shape index (κ2) is 53.2. The summed E-state index contributed by atoms with van der Waals surface area (Å²) in [4.78, 5) is 24.4. The van der Waals surface area contributed by atoms with E-state index in [1.165, 1.54) is 161 Å². The number of carbonyl (C=O) groups excluding carboxylic acids is 2. The molecular formula is C58H105NO5. The Balaban J connectivity index is 3.50. The average molecular weight is 896 g/mol. The fourth-order valence-corrected chi connectivity index (χ4v) is 8.01. The predicted octanol–water partition coefficient (Wildman–Crippen LogP) is 16.8. The second-order valence-corrected chi connectivity index (χ2v) is 18.6. The number of nitrogens with one attached hydrogen (secondary N) is 1. The molecule has 64 heavy (non-hydrogen) atoms. The van der Waals surface area contributed by atoms with Crippen molar-refractivity contribution in [3.8, 4) is 0 Å². The zero-order valence-corrected chi connectivity index (χ0v) is 42.2. The molecule has 0 spiro atoms. The van der Waals surface area contributed by atoms with Crippen molar-refractivity contribution in [2.75, 3.05) is 13.2 Å². The molecule has 2 unspecified atom stereocenters. The van der Waals surface area contributed by atoms with Crippen LogP contribution >= 0.6 is 0 Å². The highest BCUT2D eigenvalue weighted by molar-refractivity contribution is 5.76. The van der Waals surface area contributed by atoms with E-state index in [0.717, 1.165) is 83.5 Å². The number of unbranched alkanes of at least 4 members (excludes halogenated alkanes) is 32. The predicted molar refractivity (Wildman–Crippen MR) is 278 cm³/mol. The van der Waals surface area contributed by atoms with Gasteiger partial charge in [0.2, 0.25) is 5.91 Å².